The Morgan fingerprint density at radius 1 is 0.282 bits per heavy atom. The first kappa shape index (κ1) is 24.5. The second-order valence-corrected chi connectivity index (χ2v) is 10.1. The lowest BCUT2D eigenvalue weighted by Gasteiger charge is -2.26. The molecule has 0 saturated carbocycles. The first-order valence-corrected chi connectivity index (χ1v) is 13.4. The minimum Gasteiger partial charge on any atom is -0.311 e. The summed E-state index contributed by atoms with van der Waals surface area (Å²) in [4.78, 5) is 2.31. The summed E-state index contributed by atoms with van der Waals surface area (Å²) in [5, 5.41) is 0. The first-order valence-electron chi connectivity index (χ1n) is 13.4. The Morgan fingerprint density at radius 2 is 0.538 bits per heavy atom. The minimum absolute atomic E-state index is 1.14. The molecule has 1 heteroatoms. The van der Waals surface area contributed by atoms with Gasteiger partial charge in [0.15, 0.2) is 0 Å². The van der Waals surface area contributed by atoms with E-state index in [-0.39, 0.29) is 0 Å². The van der Waals surface area contributed by atoms with Crippen molar-refractivity contribution in [2.75, 3.05) is 4.90 Å². The lowest BCUT2D eigenvalue weighted by Crippen LogP contribution is -2.09. The van der Waals surface area contributed by atoms with Gasteiger partial charge in [0.25, 0.3) is 0 Å². The second-order valence-electron chi connectivity index (χ2n) is 10.1. The van der Waals surface area contributed by atoms with Gasteiger partial charge in [0, 0.05) is 17.1 Å². The summed E-state index contributed by atoms with van der Waals surface area (Å²) in [6.45, 7) is 4.25. The van der Waals surface area contributed by atoms with Crippen LogP contribution in [0.15, 0.2) is 152 Å². The van der Waals surface area contributed by atoms with Crippen LogP contribution in [0.4, 0.5) is 17.1 Å². The first-order chi connectivity index (χ1) is 19.1. The van der Waals surface area contributed by atoms with Crippen molar-refractivity contribution in [2.24, 2.45) is 0 Å². The van der Waals surface area contributed by atoms with Crippen LogP contribution in [0, 0.1) is 13.8 Å². The van der Waals surface area contributed by atoms with Gasteiger partial charge in [0.05, 0.1) is 0 Å². The third-order valence-electron chi connectivity index (χ3n) is 7.25. The zero-order chi connectivity index (χ0) is 26.6. The lowest BCUT2D eigenvalue weighted by molar-refractivity contribution is 1.27. The van der Waals surface area contributed by atoms with Crippen molar-refractivity contribution in [2.45, 2.75) is 13.8 Å². The molecule has 39 heavy (non-hydrogen) atoms. The van der Waals surface area contributed by atoms with Crippen molar-refractivity contribution in [3.05, 3.63) is 163 Å². The molecule has 6 aromatic carbocycles. The van der Waals surface area contributed by atoms with E-state index < -0.39 is 0 Å². The average Bonchev–Trinajstić information content (AvgIpc) is 3.00. The Bertz CT molecular complexity index is 1600. The third kappa shape index (κ3) is 5.39. The molecule has 0 aliphatic carbocycles. The van der Waals surface area contributed by atoms with E-state index in [4.69, 9.17) is 0 Å². The molecule has 0 radical (unpaired) electrons. The number of aryl methyl sites for hydroxylation is 2. The molecule has 0 bridgehead atoms. The number of nitrogens with zero attached hydrogens (tertiary/aromatic N) is 1. The van der Waals surface area contributed by atoms with Gasteiger partial charge in [-0.05, 0) is 83.6 Å². The highest BCUT2D eigenvalue weighted by atomic mass is 15.1. The molecule has 0 aliphatic rings. The Kier molecular flexibility index (Phi) is 6.80. The van der Waals surface area contributed by atoms with Gasteiger partial charge in [0.1, 0.15) is 0 Å². The molecule has 6 aromatic rings. The predicted octanol–water partition coefficient (Wildman–Crippen LogP) is 10.8. The fraction of sp³-hybridized carbons (Fsp3) is 0.0526. The summed E-state index contributed by atoms with van der Waals surface area (Å²) >= 11 is 0. The summed E-state index contributed by atoms with van der Waals surface area (Å²) in [5.41, 5.74) is 13.3. The molecule has 0 spiro atoms. The molecule has 0 fully saturated rings. The van der Waals surface area contributed by atoms with E-state index in [1.54, 1.807) is 0 Å². The molecule has 1 nitrogen and oxygen atoms in total. The third-order valence-corrected chi connectivity index (χ3v) is 7.25. The van der Waals surface area contributed by atoms with Crippen molar-refractivity contribution in [3.8, 4) is 33.4 Å². The van der Waals surface area contributed by atoms with Crippen LogP contribution >= 0.6 is 0 Å². The topological polar surface area (TPSA) is 3.24 Å². The molecular formula is C38H31N. The van der Waals surface area contributed by atoms with Crippen LogP contribution in [0.3, 0.4) is 0 Å². The van der Waals surface area contributed by atoms with Crippen LogP contribution in [-0.4, -0.2) is 0 Å². The van der Waals surface area contributed by atoms with Crippen molar-refractivity contribution in [3.63, 3.8) is 0 Å². The summed E-state index contributed by atoms with van der Waals surface area (Å²) in [6, 6.07) is 54.5. The van der Waals surface area contributed by atoms with Gasteiger partial charge in [-0.25, -0.2) is 0 Å². The Balaban J connectivity index is 1.25. The van der Waals surface area contributed by atoms with E-state index in [1.165, 1.54) is 44.5 Å². The number of benzene rings is 6. The molecule has 0 heterocycles. The second kappa shape index (κ2) is 10.8. The summed E-state index contributed by atoms with van der Waals surface area (Å²) < 4.78 is 0. The predicted molar refractivity (Wildman–Crippen MR) is 167 cm³/mol. The highest BCUT2D eigenvalue weighted by Crippen LogP contribution is 2.36. The normalized spacial score (nSPS) is 10.8. The van der Waals surface area contributed by atoms with E-state index >= 15 is 0 Å². The zero-order valence-corrected chi connectivity index (χ0v) is 22.4. The fourth-order valence-electron chi connectivity index (χ4n) is 4.98. The molecule has 0 aliphatic heterocycles. The molecule has 0 aromatic heterocycles. The molecule has 0 saturated heterocycles. The molecular weight excluding hydrogens is 470 g/mol. The van der Waals surface area contributed by atoms with E-state index in [9.17, 15) is 0 Å². The minimum atomic E-state index is 1.14. The Morgan fingerprint density at radius 3 is 0.872 bits per heavy atom. The standard InChI is InChI=1S/C38H31N/c1-28-8-22-36(23-9-28)39(37-24-10-29(2)11-25-37)38-26-20-35(21-27-38)34-18-16-33(17-19-34)32-14-12-31(13-15-32)30-6-4-3-5-7-30/h3-27H,1-2H3. The molecule has 0 atom stereocenters. The summed E-state index contributed by atoms with van der Waals surface area (Å²) in [5.74, 6) is 0. The van der Waals surface area contributed by atoms with E-state index in [0.717, 1.165) is 17.1 Å². The highest BCUT2D eigenvalue weighted by molar-refractivity contribution is 5.79. The number of hydrogen-bond donors (Lipinski definition) is 0. The van der Waals surface area contributed by atoms with Crippen molar-refractivity contribution in [1.82, 2.24) is 0 Å². The molecule has 6 rings (SSSR count). The van der Waals surface area contributed by atoms with Crippen LogP contribution < -0.4 is 4.90 Å². The SMILES string of the molecule is Cc1ccc(N(c2ccc(C)cc2)c2ccc(-c3ccc(-c4ccc(-c5ccccc5)cc4)cc3)cc2)cc1. The molecule has 0 unspecified atom stereocenters. The van der Waals surface area contributed by atoms with Gasteiger partial charge in [-0.3, -0.25) is 0 Å². The van der Waals surface area contributed by atoms with Gasteiger partial charge in [-0.1, -0.05) is 126 Å². The summed E-state index contributed by atoms with van der Waals surface area (Å²) in [6.07, 6.45) is 0. The lowest BCUT2D eigenvalue weighted by atomic mass is 9.98. The number of anilines is 3. The van der Waals surface area contributed by atoms with Crippen LogP contribution in [-0.2, 0) is 0 Å². The van der Waals surface area contributed by atoms with E-state index in [0.29, 0.717) is 0 Å². The number of hydrogen-bond acceptors (Lipinski definition) is 1. The smallest absolute Gasteiger partial charge is 0.0462 e. The van der Waals surface area contributed by atoms with Gasteiger partial charge in [0.2, 0.25) is 0 Å². The maximum Gasteiger partial charge on any atom is 0.0462 e. The molecule has 188 valence electrons. The maximum absolute atomic E-state index is 2.31. The summed E-state index contributed by atoms with van der Waals surface area (Å²) in [7, 11) is 0. The van der Waals surface area contributed by atoms with Gasteiger partial charge in [-0.15, -0.1) is 0 Å². The monoisotopic (exact) mass is 501 g/mol. The quantitative estimate of drug-likeness (QED) is 0.219. The van der Waals surface area contributed by atoms with Crippen molar-refractivity contribution < 1.29 is 0 Å². The largest absolute Gasteiger partial charge is 0.311 e. The highest BCUT2D eigenvalue weighted by Gasteiger charge is 2.12. The fourth-order valence-corrected chi connectivity index (χ4v) is 4.98. The van der Waals surface area contributed by atoms with E-state index in [2.05, 4.69) is 170 Å². The Hall–Kier alpha value is -4.88. The number of rotatable bonds is 6. The molecule has 0 N–H and O–H groups in total. The molecule has 0 amide bonds. The van der Waals surface area contributed by atoms with Crippen LogP contribution in [0.2, 0.25) is 0 Å². The van der Waals surface area contributed by atoms with Crippen LogP contribution in [0.5, 0.6) is 0 Å². The van der Waals surface area contributed by atoms with Gasteiger partial charge >= 0.3 is 0 Å². The maximum atomic E-state index is 2.31. The zero-order valence-electron chi connectivity index (χ0n) is 22.4. The van der Waals surface area contributed by atoms with E-state index in [1.807, 2.05) is 0 Å². The van der Waals surface area contributed by atoms with Crippen LogP contribution in [0.25, 0.3) is 33.4 Å². The van der Waals surface area contributed by atoms with Crippen molar-refractivity contribution >= 4 is 17.1 Å². The van der Waals surface area contributed by atoms with Gasteiger partial charge < -0.3 is 4.90 Å². The Labute approximate surface area is 231 Å². The average molecular weight is 502 g/mol. The van der Waals surface area contributed by atoms with Gasteiger partial charge in [-0.2, -0.15) is 0 Å². The van der Waals surface area contributed by atoms with Crippen molar-refractivity contribution in [1.29, 1.82) is 0 Å². The van der Waals surface area contributed by atoms with Crippen LogP contribution in [0.1, 0.15) is 11.1 Å².